The number of nitrogens with one attached hydrogen (secondary N) is 2. The maximum absolute atomic E-state index is 12.2. The molecule has 2 rings (SSSR count). The summed E-state index contributed by atoms with van der Waals surface area (Å²) in [6, 6.07) is 0.905. The molecule has 0 aromatic rings. The molecule has 0 unspecified atom stereocenters. The number of amides is 2. The fraction of sp³-hybridized carbons (Fsp3) is 0.941. The number of piperidine rings is 1. The molecule has 2 fully saturated rings. The van der Waals surface area contributed by atoms with E-state index in [0.717, 1.165) is 25.4 Å². The van der Waals surface area contributed by atoms with Gasteiger partial charge >= 0.3 is 6.03 Å². The molecule has 122 valence electrons. The van der Waals surface area contributed by atoms with Crippen LogP contribution in [0.1, 0.15) is 59.3 Å². The van der Waals surface area contributed by atoms with Crippen LogP contribution >= 0.6 is 0 Å². The average Bonchev–Trinajstić information content (AvgIpc) is 2.50. The van der Waals surface area contributed by atoms with Crippen LogP contribution in [0.15, 0.2) is 0 Å². The first-order chi connectivity index (χ1) is 10.1. The Balaban J connectivity index is 1.74. The molecule has 1 saturated carbocycles. The van der Waals surface area contributed by atoms with Gasteiger partial charge in [0.05, 0.1) is 0 Å². The number of carbonyl (C=O) groups is 1. The number of hydrogen-bond donors (Lipinski definition) is 2. The zero-order chi connectivity index (χ0) is 15.2. The first kappa shape index (κ1) is 16.6. The van der Waals surface area contributed by atoms with Crippen LogP contribution in [-0.2, 0) is 0 Å². The number of rotatable bonds is 4. The Labute approximate surface area is 130 Å². The summed E-state index contributed by atoms with van der Waals surface area (Å²) in [5.41, 5.74) is 0. The third-order valence-electron chi connectivity index (χ3n) is 5.68. The first-order valence-electron chi connectivity index (χ1n) is 8.90. The van der Waals surface area contributed by atoms with Gasteiger partial charge in [0.1, 0.15) is 0 Å². The summed E-state index contributed by atoms with van der Waals surface area (Å²) < 4.78 is 0. The summed E-state index contributed by atoms with van der Waals surface area (Å²) in [6.07, 6.45) is 7.47. The summed E-state index contributed by atoms with van der Waals surface area (Å²) >= 11 is 0. The molecule has 0 radical (unpaired) electrons. The monoisotopic (exact) mass is 295 g/mol. The maximum atomic E-state index is 12.2. The van der Waals surface area contributed by atoms with Crippen molar-refractivity contribution in [2.75, 3.05) is 19.6 Å². The van der Waals surface area contributed by atoms with Gasteiger partial charge < -0.3 is 10.6 Å². The van der Waals surface area contributed by atoms with Crippen LogP contribution in [0.5, 0.6) is 0 Å². The van der Waals surface area contributed by atoms with Crippen molar-refractivity contribution in [2.45, 2.75) is 71.4 Å². The van der Waals surface area contributed by atoms with Crippen LogP contribution < -0.4 is 10.6 Å². The topological polar surface area (TPSA) is 44.4 Å². The Kier molecular flexibility index (Phi) is 6.34. The highest BCUT2D eigenvalue weighted by atomic mass is 16.2. The van der Waals surface area contributed by atoms with Crippen LogP contribution in [0.2, 0.25) is 0 Å². The molecule has 0 spiro atoms. The van der Waals surface area contributed by atoms with E-state index >= 15 is 0 Å². The van der Waals surface area contributed by atoms with Crippen LogP contribution in [0.25, 0.3) is 0 Å². The number of likely N-dealkylation sites (N-methyl/N-ethyl adjacent to an activating group) is 1. The second-order valence-corrected chi connectivity index (χ2v) is 7.01. The zero-order valence-corrected chi connectivity index (χ0v) is 14.0. The molecule has 4 nitrogen and oxygen atoms in total. The summed E-state index contributed by atoms with van der Waals surface area (Å²) in [5, 5.41) is 6.31. The normalized spacial score (nSPS) is 34.4. The Hall–Kier alpha value is -0.770. The minimum Gasteiger partial charge on any atom is -0.337 e. The minimum absolute atomic E-state index is 0.0302. The fourth-order valence-electron chi connectivity index (χ4n) is 3.92. The van der Waals surface area contributed by atoms with E-state index in [1.165, 1.54) is 38.6 Å². The molecule has 4 atom stereocenters. The Morgan fingerprint density at radius 2 is 1.95 bits per heavy atom. The van der Waals surface area contributed by atoms with Crippen molar-refractivity contribution < 1.29 is 4.79 Å². The molecule has 0 aromatic carbocycles. The number of hydrogen-bond acceptors (Lipinski definition) is 2. The molecule has 1 aliphatic heterocycles. The van der Waals surface area contributed by atoms with E-state index in [-0.39, 0.29) is 6.03 Å². The molecule has 1 heterocycles. The first-order valence-corrected chi connectivity index (χ1v) is 8.90. The number of urea groups is 1. The van der Waals surface area contributed by atoms with Crippen LogP contribution in [0, 0.1) is 11.8 Å². The summed E-state index contributed by atoms with van der Waals surface area (Å²) in [7, 11) is 0. The van der Waals surface area contributed by atoms with Crippen molar-refractivity contribution in [3.05, 3.63) is 0 Å². The van der Waals surface area contributed by atoms with E-state index in [4.69, 9.17) is 0 Å². The van der Waals surface area contributed by atoms with Crippen molar-refractivity contribution in [3.63, 3.8) is 0 Å². The molecule has 21 heavy (non-hydrogen) atoms. The van der Waals surface area contributed by atoms with E-state index in [9.17, 15) is 4.79 Å². The molecule has 1 saturated heterocycles. The predicted octanol–water partition coefficient (Wildman–Crippen LogP) is 2.98. The number of carbonyl (C=O) groups excluding carboxylic acids is 1. The molecule has 0 bridgehead atoms. The van der Waals surface area contributed by atoms with Gasteiger partial charge in [0.25, 0.3) is 0 Å². The third kappa shape index (κ3) is 4.60. The Morgan fingerprint density at radius 3 is 2.71 bits per heavy atom. The van der Waals surface area contributed by atoms with Gasteiger partial charge in [-0.05, 0) is 44.2 Å². The highest BCUT2D eigenvalue weighted by Gasteiger charge is 2.28. The SMILES string of the molecule is CCN1CCCC[C@@H]1CNC(=O)N[C@@H]1CCC[C@@H](C)[C@H]1C. The lowest BCUT2D eigenvalue weighted by Crippen LogP contribution is -2.52. The van der Waals surface area contributed by atoms with E-state index in [0.29, 0.717) is 18.0 Å². The molecule has 2 amide bonds. The van der Waals surface area contributed by atoms with E-state index in [2.05, 4.69) is 36.3 Å². The van der Waals surface area contributed by atoms with Crippen molar-refractivity contribution in [1.29, 1.82) is 0 Å². The van der Waals surface area contributed by atoms with Crippen molar-refractivity contribution in [1.82, 2.24) is 15.5 Å². The van der Waals surface area contributed by atoms with Crippen LogP contribution in [-0.4, -0.2) is 42.6 Å². The smallest absolute Gasteiger partial charge is 0.315 e. The van der Waals surface area contributed by atoms with Crippen LogP contribution in [0.4, 0.5) is 4.79 Å². The quantitative estimate of drug-likeness (QED) is 0.837. The van der Waals surface area contributed by atoms with Crippen molar-refractivity contribution >= 4 is 6.03 Å². The standard InChI is InChI=1S/C17H33N3O/c1-4-20-11-6-5-9-15(20)12-18-17(21)19-16-10-7-8-13(2)14(16)3/h13-16H,4-12H2,1-3H3,(H2,18,19,21)/t13-,14-,15-,16-/m1/s1. The molecule has 1 aliphatic carbocycles. The predicted molar refractivity (Wildman–Crippen MR) is 87.4 cm³/mol. The maximum Gasteiger partial charge on any atom is 0.315 e. The molecule has 0 aromatic heterocycles. The second-order valence-electron chi connectivity index (χ2n) is 7.01. The van der Waals surface area contributed by atoms with Gasteiger partial charge in [-0.2, -0.15) is 0 Å². The average molecular weight is 295 g/mol. The number of nitrogens with zero attached hydrogens (tertiary/aromatic N) is 1. The van der Waals surface area contributed by atoms with Gasteiger partial charge in [-0.15, -0.1) is 0 Å². The van der Waals surface area contributed by atoms with Gasteiger partial charge in [0.15, 0.2) is 0 Å². The molecule has 2 aliphatic rings. The van der Waals surface area contributed by atoms with Crippen molar-refractivity contribution in [3.8, 4) is 0 Å². The third-order valence-corrected chi connectivity index (χ3v) is 5.68. The van der Waals surface area contributed by atoms with Crippen molar-refractivity contribution in [2.24, 2.45) is 11.8 Å². The highest BCUT2D eigenvalue weighted by molar-refractivity contribution is 5.74. The molecule has 4 heteroatoms. The zero-order valence-electron chi connectivity index (χ0n) is 14.0. The van der Waals surface area contributed by atoms with Gasteiger partial charge in [0, 0.05) is 18.6 Å². The Bertz CT molecular complexity index is 334. The fourth-order valence-corrected chi connectivity index (χ4v) is 3.92. The van der Waals surface area contributed by atoms with Gasteiger partial charge in [-0.25, -0.2) is 4.79 Å². The molecular weight excluding hydrogens is 262 g/mol. The largest absolute Gasteiger partial charge is 0.337 e. The van der Waals surface area contributed by atoms with E-state index in [1.54, 1.807) is 0 Å². The summed E-state index contributed by atoms with van der Waals surface area (Å²) in [6.45, 7) is 9.85. The van der Waals surface area contributed by atoms with E-state index in [1.807, 2.05) is 0 Å². The van der Waals surface area contributed by atoms with Gasteiger partial charge in [0.2, 0.25) is 0 Å². The molecule has 2 N–H and O–H groups in total. The van der Waals surface area contributed by atoms with Gasteiger partial charge in [-0.3, -0.25) is 4.90 Å². The Morgan fingerprint density at radius 1 is 1.14 bits per heavy atom. The highest BCUT2D eigenvalue weighted by Crippen LogP contribution is 2.29. The minimum atomic E-state index is 0.0302. The lowest BCUT2D eigenvalue weighted by Gasteiger charge is -2.36. The molecular formula is C17H33N3O. The number of likely N-dealkylation sites (tertiary alicyclic amines) is 1. The lowest BCUT2D eigenvalue weighted by molar-refractivity contribution is 0.151. The van der Waals surface area contributed by atoms with E-state index < -0.39 is 0 Å². The van der Waals surface area contributed by atoms with Crippen LogP contribution in [0.3, 0.4) is 0 Å². The summed E-state index contributed by atoms with van der Waals surface area (Å²) in [4.78, 5) is 14.7. The lowest BCUT2D eigenvalue weighted by atomic mass is 9.78. The second kappa shape index (κ2) is 8.02. The van der Waals surface area contributed by atoms with Gasteiger partial charge in [-0.1, -0.05) is 40.0 Å². The summed E-state index contributed by atoms with van der Waals surface area (Å²) in [5.74, 6) is 1.31.